The lowest BCUT2D eigenvalue weighted by Gasteiger charge is -2.29. The Kier molecular flexibility index (Phi) is 5.99. The van der Waals surface area contributed by atoms with Crippen LogP contribution in [0.5, 0.6) is 5.75 Å². The number of carbonyl (C=O) groups is 3. The minimum absolute atomic E-state index is 0.0726. The van der Waals surface area contributed by atoms with Crippen molar-refractivity contribution < 1.29 is 23.9 Å². The Morgan fingerprint density at radius 1 is 1.06 bits per heavy atom. The van der Waals surface area contributed by atoms with E-state index in [0.717, 1.165) is 29.2 Å². The van der Waals surface area contributed by atoms with E-state index in [1.807, 2.05) is 42.5 Å². The fraction of sp³-hybridized carbons (Fsp3) is 0.261. The third kappa shape index (κ3) is 4.44. The molecule has 0 radical (unpaired) electrons. The Morgan fingerprint density at radius 2 is 1.81 bits per heavy atom. The number of barbiturate groups is 1. The van der Waals surface area contributed by atoms with E-state index in [4.69, 9.17) is 9.47 Å². The molecule has 0 unspecified atom stereocenters. The number of nitrogens with one attached hydrogen (secondary N) is 1. The summed E-state index contributed by atoms with van der Waals surface area (Å²) in [6, 6.07) is 14.0. The van der Waals surface area contributed by atoms with Crippen molar-refractivity contribution in [1.82, 2.24) is 10.2 Å². The first kappa shape index (κ1) is 20.6. The fourth-order valence-electron chi connectivity index (χ4n) is 3.60. The lowest BCUT2D eigenvalue weighted by atomic mass is 10.0. The van der Waals surface area contributed by atoms with Crippen LogP contribution < -0.4 is 15.0 Å². The summed E-state index contributed by atoms with van der Waals surface area (Å²) in [6.45, 7) is 2.95. The molecule has 0 bridgehead atoms. The summed E-state index contributed by atoms with van der Waals surface area (Å²) >= 11 is 0. The zero-order valence-corrected chi connectivity index (χ0v) is 17.2. The highest BCUT2D eigenvalue weighted by Gasteiger charge is 2.35. The molecule has 0 atom stereocenters. The zero-order chi connectivity index (χ0) is 21.8. The molecule has 4 amide bonds. The maximum absolute atomic E-state index is 13.0. The van der Waals surface area contributed by atoms with Crippen LogP contribution in [-0.2, 0) is 20.9 Å². The quantitative estimate of drug-likeness (QED) is 0.588. The van der Waals surface area contributed by atoms with Crippen LogP contribution in [0.3, 0.4) is 0 Å². The summed E-state index contributed by atoms with van der Waals surface area (Å²) in [5.41, 5.74) is 2.22. The molecular formula is C23H23N3O5. The Labute approximate surface area is 180 Å². The molecule has 2 aliphatic heterocycles. The number of morpholine rings is 1. The van der Waals surface area contributed by atoms with Crippen LogP contribution in [0.1, 0.15) is 11.1 Å². The number of rotatable bonds is 5. The molecule has 0 saturated carbocycles. The molecule has 2 aromatic rings. The van der Waals surface area contributed by atoms with Gasteiger partial charge < -0.3 is 14.4 Å². The summed E-state index contributed by atoms with van der Waals surface area (Å²) in [4.78, 5) is 40.9. The number of carbonyl (C=O) groups excluding carboxylic acids is 3. The highest BCUT2D eigenvalue weighted by molar-refractivity contribution is 6.31. The molecular weight excluding hydrogens is 398 g/mol. The van der Waals surface area contributed by atoms with Crippen molar-refractivity contribution in [2.75, 3.05) is 38.3 Å². The van der Waals surface area contributed by atoms with E-state index in [0.29, 0.717) is 24.5 Å². The second kappa shape index (κ2) is 9.01. The fourth-order valence-corrected chi connectivity index (χ4v) is 3.60. The van der Waals surface area contributed by atoms with Crippen LogP contribution in [0.15, 0.2) is 54.1 Å². The molecule has 2 saturated heterocycles. The minimum atomic E-state index is -0.731. The number of anilines is 1. The summed E-state index contributed by atoms with van der Waals surface area (Å²) in [5.74, 6) is -0.834. The van der Waals surface area contributed by atoms with Gasteiger partial charge in [-0.05, 0) is 23.8 Å². The number of ether oxygens (including phenoxy) is 2. The minimum Gasteiger partial charge on any atom is -0.496 e. The predicted molar refractivity (Wildman–Crippen MR) is 115 cm³/mol. The molecule has 0 aliphatic carbocycles. The first-order valence-electron chi connectivity index (χ1n) is 10.0. The van der Waals surface area contributed by atoms with Gasteiger partial charge in [0, 0.05) is 30.4 Å². The second-order valence-electron chi connectivity index (χ2n) is 7.22. The number of nitrogens with zero attached hydrogens (tertiary/aromatic N) is 2. The van der Waals surface area contributed by atoms with Gasteiger partial charge in [0.15, 0.2) is 0 Å². The van der Waals surface area contributed by atoms with Gasteiger partial charge in [-0.25, -0.2) is 4.79 Å². The first-order chi connectivity index (χ1) is 15.1. The highest BCUT2D eigenvalue weighted by Crippen LogP contribution is 2.29. The molecule has 0 aromatic heterocycles. The second-order valence-corrected chi connectivity index (χ2v) is 7.22. The van der Waals surface area contributed by atoms with Crippen molar-refractivity contribution in [3.63, 3.8) is 0 Å². The number of methoxy groups -OCH3 is 1. The van der Waals surface area contributed by atoms with Gasteiger partial charge in [-0.15, -0.1) is 0 Å². The van der Waals surface area contributed by atoms with Crippen molar-refractivity contribution in [3.8, 4) is 5.75 Å². The number of hydrogen-bond acceptors (Lipinski definition) is 6. The molecule has 1 N–H and O–H groups in total. The summed E-state index contributed by atoms with van der Waals surface area (Å²) in [6.07, 6.45) is 1.46. The maximum atomic E-state index is 13.0. The molecule has 31 heavy (non-hydrogen) atoms. The Bertz CT molecular complexity index is 1030. The van der Waals surface area contributed by atoms with Gasteiger partial charge >= 0.3 is 6.03 Å². The van der Waals surface area contributed by atoms with Crippen LogP contribution >= 0.6 is 0 Å². The normalized spacial score (nSPS) is 18.4. The third-order valence-corrected chi connectivity index (χ3v) is 5.26. The molecule has 0 spiro atoms. The Hall–Kier alpha value is -3.65. The van der Waals surface area contributed by atoms with E-state index >= 15 is 0 Å². The van der Waals surface area contributed by atoms with E-state index in [1.165, 1.54) is 13.2 Å². The van der Waals surface area contributed by atoms with Crippen molar-refractivity contribution in [2.45, 2.75) is 6.54 Å². The Morgan fingerprint density at radius 3 is 2.52 bits per heavy atom. The summed E-state index contributed by atoms with van der Waals surface area (Å²) in [5, 5.41) is 2.25. The summed E-state index contributed by atoms with van der Waals surface area (Å²) in [7, 11) is 1.54. The molecule has 2 aliphatic rings. The average Bonchev–Trinajstić information content (AvgIpc) is 2.80. The van der Waals surface area contributed by atoms with Crippen LogP contribution in [0, 0.1) is 0 Å². The van der Waals surface area contributed by atoms with Gasteiger partial charge in [-0.3, -0.25) is 19.8 Å². The lowest BCUT2D eigenvalue weighted by Crippen LogP contribution is -2.53. The van der Waals surface area contributed by atoms with Gasteiger partial charge in [0.25, 0.3) is 11.8 Å². The van der Waals surface area contributed by atoms with Crippen LogP contribution in [-0.4, -0.2) is 56.2 Å². The van der Waals surface area contributed by atoms with Crippen molar-refractivity contribution in [2.24, 2.45) is 0 Å². The standard InChI is InChI=1S/C23H23N3O5/c1-30-20-14-18(25-9-11-31-12-10-25)8-7-17(20)13-19-21(27)24-23(29)26(22(19)28)15-16-5-3-2-4-6-16/h2-8,13-14H,9-12,15H2,1H3,(H,24,27,29)/b19-13+. The van der Waals surface area contributed by atoms with Crippen molar-refractivity contribution >= 4 is 29.6 Å². The third-order valence-electron chi connectivity index (χ3n) is 5.26. The van der Waals surface area contributed by atoms with Crippen molar-refractivity contribution in [3.05, 3.63) is 65.2 Å². The van der Waals surface area contributed by atoms with Gasteiger partial charge in [-0.1, -0.05) is 30.3 Å². The van der Waals surface area contributed by atoms with E-state index in [-0.39, 0.29) is 12.1 Å². The van der Waals surface area contributed by atoms with Gasteiger partial charge in [0.2, 0.25) is 0 Å². The summed E-state index contributed by atoms with van der Waals surface area (Å²) < 4.78 is 10.9. The topological polar surface area (TPSA) is 88.2 Å². The predicted octanol–water partition coefficient (Wildman–Crippen LogP) is 2.19. The average molecular weight is 421 g/mol. The van der Waals surface area contributed by atoms with Crippen LogP contribution in [0.4, 0.5) is 10.5 Å². The number of imide groups is 2. The number of benzene rings is 2. The largest absolute Gasteiger partial charge is 0.496 e. The first-order valence-corrected chi connectivity index (χ1v) is 10.0. The maximum Gasteiger partial charge on any atom is 0.331 e. The lowest BCUT2D eigenvalue weighted by molar-refractivity contribution is -0.130. The molecule has 2 fully saturated rings. The number of amides is 4. The monoisotopic (exact) mass is 421 g/mol. The number of urea groups is 1. The number of hydrogen-bond donors (Lipinski definition) is 1. The molecule has 8 heteroatoms. The smallest absolute Gasteiger partial charge is 0.331 e. The van der Waals surface area contributed by atoms with E-state index in [2.05, 4.69) is 10.2 Å². The van der Waals surface area contributed by atoms with Crippen LogP contribution in [0.25, 0.3) is 6.08 Å². The van der Waals surface area contributed by atoms with Gasteiger partial charge in [-0.2, -0.15) is 0 Å². The SMILES string of the molecule is COc1cc(N2CCOCC2)ccc1/C=C1\C(=O)NC(=O)N(Cc2ccccc2)C1=O. The van der Waals surface area contributed by atoms with E-state index in [9.17, 15) is 14.4 Å². The van der Waals surface area contributed by atoms with Crippen LogP contribution in [0.2, 0.25) is 0 Å². The van der Waals surface area contributed by atoms with Gasteiger partial charge in [0.05, 0.1) is 26.9 Å². The molecule has 160 valence electrons. The molecule has 2 aromatic carbocycles. The van der Waals surface area contributed by atoms with E-state index in [1.54, 1.807) is 6.07 Å². The van der Waals surface area contributed by atoms with E-state index < -0.39 is 17.8 Å². The molecule has 4 rings (SSSR count). The van der Waals surface area contributed by atoms with Gasteiger partial charge in [0.1, 0.15) is 11.3 Å². The Balaban J connectivity index is 1.62. The van der Waals surface area contributed by atoms with Crippen molar-refractivity contribution in [1.29, 1.82) is 0 Å². The molecule has 2 heterocycles. The zero-order valence-electron chi connectivity index (χ0n) is 17.2. The highest BCUT2D eigenvalue weighted by atomic mass is 16.5. The molecule has 8 nitrogen and oxygen atoms in total.